The van der Waals surface area contributed by atoms with Crippen LogP contribution < -0.4 is 10.2 Å². The SMILES string of the molecule is Cn1cccc1C(=O)NC(=O)CSc1nnc(N2CCCCC2)n1C1CC1. The summed E-state index contributed by atoms with van der Waals surface area (Å²) in [4.78, 5) is 26.7. The van der Waals surface area contributed by atoms with Crippen LogP contribution in [0.3, 0.4) is 0 Å². The summed E-state index contributed by atoms with van der Waals surface area (Å²) in [5.41, 5.74) is 0.460. The fraction of sp³-hybridized carbons (Fsp3) is 0.556. The van der Waals surface area contributed by atoms with E-state index in [2.05, 4.69) is 25.0 Å². The van der Waals surface area contributed by atoms with Crippen LogP contribution in [-0.4, -0.2) is 50.0 Å². The van der Waals surface area contributed by atoms with Crippen molar-refractivity contribution in [3.8, 4) is 0 Å². The molecule has 8 nitrogen and oxygen atoms in total. The van der Waals surface area contributed by atoms with Crippen LogP contribution in [0, 0.1) is 0 Å². The van der Waals surface area contributed by atoms with Crippen LogP contribution in [0.25, 0.3) is 0 Å². The molecule has 2 aliphatic rings. The number of rotatable bonds is 6. The van der Waals surface area contributed by atoms with Gasteiger partial charge in [-0.1, -0.05) is 11.8 Å². The minimum absolute atomic E-state index is 0.140. The van der Waals surface area contributed by atoms with Crippen molar-refractivity contribution in [2.75, 3.05) is 23.7 Å². The van der Waals surface area contributed by atoms with Gasteiger partial charge in [0.2, 0.25) is 11.9 Å². The molecule has 2 amide bonds. The Morgan fingerprint density at radius 1 is 1.22 bits per heavy atom. The van der Waals surface area contributed by atoms with E-state index >= 15 is 0 Å². The van der Waals surface area contributed by atoms with Gasteiger partial charge in [-0.2, -0.15) is 0 Å². The maximum absolute atomic E-state index is 12.2. The van der Waals surface area contributed by atoms with E-state index in [0.29, 0.717) is 11.7 Å². The van der Waals surface area contributed by atoms with E-state index in [4.69, 9.17) is 0 Å². The second kappa shape index (κ2) is 7.75. The molecule has 1 N–H and O–H groups in total. The molecule has 0 radical (unpaired) electrons. The number of nitrogens with zero attached hydrogens (tertiary/aromatic N) is 5. The van der Waals surface area contributed by atoms with Crippen molar-refractivity contribution in [3.63, 3.8) is 0 Å². The van der Waals surface area contributed by atoms with Crippen LogP contribution in [0.1, 0.15) is 48.6 Å². The van der Waals surface area contributed by atoms with Crippen molar-refractivity contribution in [2.24, 2.45) is 7.05 Å². The molecule has 0 spiro atoms. The van der Waals surface area contributed by atoms with Gasteiger partial charge in [-0.05, 0) is 44.2 Å². The molecule has 3 heterocycles. The molecule has 1 saturated carbocycles. The zero-order chi connectivity index (χ0) is 18.8. The number of hydrogen-bond donors (Lipinski definition) is 1. The van der Waals surface area contributed by atoms with E-state index in [0.717, 1.165) is 37.0 Å². The normalized spacial score (nSPS) is 17.1. The molecule has 27 heavy (non-hydrogen) atoms. The smallest absolute Gasteiger partial charge is 0.274 e. The van der Waals surface area contributed by atoms with E-state index in [1.54, 1.807) is 29.9 Å². The molecule has 144 valence electrons. The first-order valence-corrected chi connectivity index (χ1v) is 10.4. The summed E-state index contributed by atoms with van der Waals surface area (Å²) in [6, 6.07) is 3.89. The molecular formula is C18H24N6O2S. The van der Waals surface area contributed by atoms with Crippen LogP contribution in [0.4, 0.5) is 5.95 Å². The number of carbonyl (C=O) groups excluding carboxylic acids is 2. The third kappa shape index (κ3) is 4.02. The summed E-state index contributed by atoms with van der Waals surface area (Å²) in [6.07, 6.45) is 7.67. The molecular weight excluding hydrogens is 364 g/mol. The predicted molar refractivity (Wildman–Crippen MR) is 103 cm³/mol. The van der Waals surface area contributed by atoms with Gasteiger partial charge in [0.15, 0.2) is 5.16 Å². The minimum Gasteiger partial charge on any atom is -0.347 e. The number of imide groups is 1. The topological polar surface area (TPSA) is 85.0 Å². The van der Waals surface area contributed by atoms with Gasteiger partial charge in [0.25, 0.3) is 5.91 Å². The molecule has 2 aromatic rings. The monoisotopic (exact) mass is 388 g/mol. The zero-order valence-electron chi connectivity index (χ0n) is 15.4. The van der Waals surface area contributed by atoms with Crippen LogP contribution in [0.5, 0.6) is 0 Å². The summed E-state index contributed by atoms with van der Waals surface area (Å²) in [6.45, 7) is 2.03. The van der Waals surface area contributed by atoms with Crippen LogP contribution >= 0.6 is 11.8 Å². The van der Waals surface area contributed by atoms with Gasteiger partial charge in [-0.3, -0.25) is 19.5 Å². The average Bonchev–Trinajstić information content (AvgIpc) is 3.27. The summed E-state index contributed by atoms with van der Waals surface area (Å²) < 4.78 is 3.87. The quantitative estimate of drug-likeness (QED) is 0.762. The van der Waals surface area contributed by atoms with Crippen molar-refractivity contribution < 1.29 is 9.59 Å². The minimum atomic E-state index is -0.384. The molecule has 1 aliphatic heterocycles. The first-order chi connectivity index (χ1) is 13.1. The molecule has 4 rings (SSSR count). The van der Waals surface area contributed by atoms with E-state index in [1.165, 1.54) is 31.0 Å². The standard InChI is InChI=1S/C18H24N6O2S/c1-22-9-5-6-14(22)16(26)19-15(25)12-27-18-21-20-17(24(18)13-7-8-13)23-10-3-2-4-11-23/h5-6,9,13H,2-4,7-8,10-12H2,1H3,(H,19,25,26). The Hall–Kier alpha value is -2.29. The lowest BCUT2D eigenvalue weighted by Crippen LogP contribution is -2.33. The number of anilines is 1. The number of hydrogen-bond acceptors (Lipinski definition) is 6. The number of thioether (sulfide) groups is 1. The van der Waals surface area contributed by atoms with Gasteiger partial charge in [0, 0.05) is 32.4 Å². The first kappa shape index (κ1) is 18.1. The lowest BCUT2D eigenvalue weighted by atomic mass is 10.1. The number of piperidine rings is 1. The van der Waals surface area contributed by atoms with Crippen molar-refractivity contribution in [1.82, 2.24) is 24.6 Å². The van der Waals surface area contributed by atoms with Crippen molar-refractivity contribution in [2.45, 2.75) is 43.3 Å². The third-order valence-corrected chi connectivity index (χ3v) is 5.90. The Balaban J connectivity index is 1.39. The van der Waals surface area contributed by atoms with E-state index < -0.39 is 0 Å². The fourth-order valence-electron chi connectivity index (χ4n) is 3.38. The summed E-state index contributed by atoms with van der Waals surface area (Å²) >= 11 is 1.34. The zero-order valence-corrected chi connectivity index (χ0v) is 16.2. The highest BCUT2D eigenvalue weighted by atomic mass is 32.2. The Labute approximate surface area is 162 Å². The second-order valence-electron chi connectivity index (χ2n) is 7.10. The Morgan fingerprint density at radius 3 is 2.67 bits per heavy atom. The Bertz CT molecular complexity index is 835. The van der Waals surface area contributed by atoms with Gasteiger partial charge >= 0.3 is 0 Å². The van der Waals surface area contributed by atoms with E-state index in [-0.39, 0.29) is 17.6 Å². The van der Waals surface area contributed by atoms with Crippen molar-refractivity contribution >= 4 is 29.5 Å². The Kier molecular flexibility index (Phi) is 5.20. The number of aryl methyl sites for hydroxylation is 1. The largest absolute Gasteiger partial charge is 0.347 e. The van der Waals surface area contributed by atoms with Gasteiger partial charge < -0.3 is 9.47 Å². The molecule has 1 aliphatic carbocycles. The maximum Gasteiger partial charge on any atom is 0.274 e. The van der Waals surface area contributed by atoms with Gasteiger partial charge in [0.1, 0.15) is 5.69 Å². The maximum atomic E-state index is 12.2. The number of nitrogens with one attached hydrogen (secondary N) is 1. The van der Waals surface area contributed by atoms with Crippen molar-refractivity contribution in [3.05, 3.63) is 24.0 Å². The summed E-state index contributed by atoms with van der Waals surface area (Å²) in [5, 5.41) is 11.9. The first-order valence-electron chi connectivity index (χ1n) is 9.41. The highest BCUT2D eigenvalue weighted by molar-refractivity contribution is 7.99. The molecule has 9 heteroatoms. The molecule has 0 bridgehead atoms. The summed E-state index contributed by atoms with van der Waals surface area (Å²) in [5.74, 6) is 0.364. The molecule has 1 saturated heterocycles. The molecule has 2 fully saturated rings. The number of amides is 2. The van der Waals surface area contributed by atoms with E-state index in [9.17, 15) is 9.59 Å². The third-order valence-electron chi connectivity index (χ3n) is 4.96. The van der Waals surface area contributed by atoms with Crippen molar-refractivity contribution in [1.29, 1.82) is 0 Å². The highest BCUT2D eigenvalue weighted by Crippen LogP contribution is 2.41. The lowest BCUT2D eigenvalue weighted by Gasteiger charge is -2.27. The summed E-state index contributed by atoms with van der Waals surface area (Å²) in [7, 11) is 1.77. The van der Waals surface area contributed by atoms with Gasteiger partial charge in [0.05, 0.1) is 5.75 Å². The van der Waals surface area contributed by atoms with Gasteiger partial charge in [-0.25, -0.2) is 0 Å². The number of aromatic nitrogens is 4. The lowest BCUT2D eigenvalue weighted by molar-refractivity contribution is -0.117. The number of carbonyl (C=O) groups is 2. The second-order valence-corrected chi connectivity index (χ2v) is 8.04. The van der Waals surface area contributed by atoms with Crippen LogP contribution in [-0.2, 0) is 11.8 Å². The average molecular weight is 388 g/mol. The van der Waals surface area contributed by atoms with Crippen LogP contribution in [0.2, 0.25) is 0 Å². The van der Waals surface area contributed by atoms with Gasteiger partial charge in [-0.15, -0.1) is 10.2 Å². The fourth-order valence-corrected chi connectivity index (χ4v) is 4.18. The predicted octanol–water partition coefficient (Wildman–Crippen LogP) is 1.99. The van der Waals surface area contributed by atoms with Crippen LogP contribution in [0.15, 0.2) is 23.5 Å². The molecule has 2 aromatic heterocycles. The molecule has 0 atom stereocenters. The molecule has 0 unspecified atom stereocenters. The molecule has 0 aromatic carbocycles. The van der Waals surface area contributed by atoms with E-state index in [1.807, 2.05) is 0 Å². The Morgan fingerprint density at radius 2 is 2.00 bits per heavy atom. The highest BCUT2D eigenvalue weighted by Gasteiger charge is 2.32.